The molecule has 1 atom stereocenters. The van der Waals surface area contributed by atoms with Crippen LogP contribution < -0.4 is 5.69 Å². The van der Waals surface area contributed by atoms with Gasteiger partial charge in [0.25, 0.3) is 5.91 Å². The van der Waals surface area contributed by atoms with Crippen LogP contribution in [-0.2, 0) is 11.8 Å². The number of nitrogens with one attached hydrogen (secondary N) is 1. The van der Waals surface area contributed by atoms with Crippen molar-refractivity contribution in [1.82, 2.24) is 19.4 Å². The van der Waals surface area contributed by atoms with Gasteiger partial charge in [-0.05, 0) is 44.0 Å². The Bertz CT molecular complexity index is 867. The summed E-state index contributed by atoms with van der Waals surface area (Å²) in [5.74, 6) is 0.630. The van der Waals surface area contributed by atoms with E-state index in [0.717, 1.165) is 30.7 Å². The number of carbonyl (C=O) groups excluding carboxylic acids is 1. The summed E-state index contributed by atoms with van der Waals surface area (Å²) < 4.78 is 7.41. The monoisotopic (exact) mass is 358 g/mol. The van der Waals surface area contributed by atoms with Crippen molar-refractivity contribution in [3.05, 3.63) is 34.2 Å². The molecule has 140 valence electrons. The molecule has 0 spiro atoms. The summed E-state index contributed by atoms with van der Waals surface area (Å²) in [7, 11) is 3.80. The van der Waals surface area contributed by atoms with Gasteiger partial charge in [-0.2, -0.15) is 0 Å². The minimum Gasteiger partial charge on any atom is -0.374 e. The third-order valence-corrected chi connectivity index (χ3v) is 5.38. The number of amides is 1. The molecule has 7 heteroatoms. The molecular weight excluding hydrogens is 332 g/mol. The lowest BCUT2D eigenvalue weighted by Crippen LogP contribution is -2.48. The van der Waals surface area contributed by atoms with Crippen LogP contribution in [0.15, 0.2) is 23.0 Å². The lowest BCUT2D eigenvalue weighted by molar-refractivity contribution is -0.0331. The highest BCUT2D eigenvalue weighted by molar-refractivity contribution is 5.97. The number of aryl methyl sites for hydroxylation is 1. The highest BCUT2D eigenvalue weighted by atomic mass is 16.5. The first-order valence-electron chi connectivity index (χ1n) is 9.29. The van der Waals surface area contributed by atoms with Crippen molar-refractivity contribution in [2.24, 2.45) is 13.0 Å². The molecule has 2 aromatic rings. The largest absolute Gasteiger partial charge is 0.374 e. The number of imidazole rings is 1. The van der Waals surface area contributed by atoms with Gasteiger partial charge in [0.1, 0.15) is 0 Å². The summed E-state index contributed by atoms with van der Waals surface area (Å²) in [5.41, 5.74) is 1.95. The smallest absolute Gasteiger partial charge is 0.326 e. The average Bonchev–Trinajstić information content (AvgIpc) is 3.39. The number of benzene rings is 1. The van der Waals surface area contributed by atoms with Gasteiger partial charge in [-0.15, -0.1) is 0 Å². The third-order valence-electron chi connectivity index (χ3n) is 5.38. The van der Waals surface area contributed by atoms with Gasteiger partial charge < -0.3 is 19.5 Å². The molecule has 1 aliphatic carbocycles. The zero-order chi connectivity index (χ0) is 18.3. The van der Waals surface area contributed by atoms with Gasteiger partial charge in [-0.25, -0.2) is 4.79 Å². The van der Waals surface area contributed by atoms with E-state index >= 15 is 0 Å². The third kappa shape index (κ3) is 3.54. The predicted octanol–water partition coefficient (Wildman–Crippen LogP) is 1.05. The highest BCUT2D eigenvalue weighted by Crippen LogP contribution is 2.30. The maximum absolute atomic E-state index is 13.2. The molecule has 2 fully saturated rings. The first kappa shape index (κ1) is 17.3. The average molecular weight is 358 g/mol. The fourth-order valence-corrected chi connectivity index (χ4v) is 3.61. The Morgan fingerprint density at radius 2 is 2.12 bits per heavy atom. The van der Waals surface area contributed by atoms with E-state index in [1.165, 1.54) is 17.4 Å². The Balaban J connectivity index is 1.57. The zero-order valence-electron chi connectivity index (χ0n) is 15.4. The van der Waals surface area contributed by atoms with Gasteiger partial charge in [0.05, 0.1) is 23.7 Å². The number of rotatable bonds is 5. The molecule has 1 aromatic carbocycles. The van der Waals surface area contributed by atoms with Crippen LogP contribution in [0, 0.1) is 5.92 Å². The quantitative estimate of drug-likeness (QED) is 0.867. The Kier molecular flexibility index (Phi) is 4.58. The molecule has 26 heavy (non-hydrogen) atoms. The van der Waals surface area contributed by atoms with Crippen molar-refractivity contribution < 1.29 is 9.53 Å². The van der Waals surface area contributed by atoms with Crippen LogP contribution in [0.3, 0.4) is 0 Å². The maximum atomic E-state index is 13.2. The highest BCUT2D eigenvalue weighted by Gasteiger charge is 2.30. The molecule has 1 saturated carbocycles. The zero-order valence-corrected chi connectivity index (χ0v) is 15.4. The van der Waals surface area contributed by atoms with Crippen molar-refractivity contribution in [1.29, 1.82) is 0 Å². The van der Waals surface area contributed by atoms with Gasteiger partial charge in [0.2, 0.25) is 0 Å². The number of hydrogen-bond donors (Lipinski definition) is 1. The fraction of sp³-hybridized carbons (Fsp3) is 0.579. The van der Waals surface area contributed by atoms with Crippen molar-refractivity contribution in [3.8, 4) is 0 Å². The van der Waals surface area contributed by atoms with Crippen LogP contribution in [0.1, 0.15) is 23.2 Å². The van der Waals surface area contributed by atoms with E-state index in [9.17, 15) is 9.59 Å². The Morgan fingerprint density at radius 1 is 1.31 bits per heavy atom. The second kappa shape index (κ2) is 6.89. The molecule has 1 amide bonds. The number of carbonyl (C=O) groups is 1. The summed E-state index contributed by atoms with van der Waals surface area (Å²) in [6.07, 6.45) is 2.44. The standard InChI is InChI=1S/C19H26N4O3/c1-21-7-8-26-15(11-21)12-23(10-13-3-4-13)18(24)14-5-6-16-17(9-14)22(2)19(25)20-16/h5-6,9,13,15H,3-4,7-8,10-12H2,1-2H3,(H,20,25). The number of aromatic nitrogens is 2. The number of H-pyrrole nitrogens is 1. The van der Waals surface area contributed by atoms with Gasteiger partial charge in [-0.3, -0.25) is 9.36 Å². The summed E-state index contributed by atoms with van der Waals surface area (Å²) in [4.78, 5) is 32.0. The Hall–Kier alpha value is -2.12. The topological polar surface area (TPSA) is 70.6 Å². The van der Waals surface area contributed by atoms with Crippen LogP contribution in [0.2, 0.25) is 0 Å². The van der Waals surface area contributed by atoms with Crippen molar-refractivity contribution in [2.45, 2.75) is 18.9 Å². The lowest BCUT2D eigenvalue weighted by Gasteiger charge is -2.34. The van der Waals surface area contributed by atoms with E-state index in [2.05, 4.69) is 16.9 Å². The SMILES string of the molecule is CN1CCOC(CN(CC2CC2)C(=O)c2ccc3[nH]c(=O)n(C)c3c2)C1. The fourth-order valence-electron chi connectivity index (χ4n) is 3.61. The molecule has 7 nitrogen and oxygen atoms in total. The Labute approximate surface area is 152 Å². The van der Waals surface area contributed by atoms with Crippen LogP contribution in [0.4, 0.5) is 0 Å². The Morgan fingerprint density at radius 3 is 2.85 bits per heavy atom. The minimum absolute atomic E-state index is 0.0178. The van der Waals surface area contributed by atoms with E-state index in [1.54, 1.807) is 13.1 Å². The second-order valence-corrected chi connectivity index (χ2v) is 7.63. The van der Waals surface area contributed by atoms with Gasteiger partial charge >= 0.3 is 5.69 Å². The summed E-state index contributed by atoms with van der Waals surface area (Å²) in [6, 6.07) is 5.42. The molecule has 1 N–H and O–H groups in total. The van der Waals surface area contributed by atoms with E-state index < -0.39 is 0 Å². The number of hydrogen-bond acceptors (Lipinski definition) is 4. The first-order chi connectivity index (χ1) is 12.5. The van der Waals surface area contributed by atoms with Gasteiger partial charge in [-0.1, -0.05) is 0 Å². The molecular formula is C19H26N4O3. The first-order valence-corrected chi connectivity index (χ1v) is 9.29. The van der Waals surface area contributed by atoms with Crippen molar-refractivity contribution in [3.63, 3.8) is 0 Å². The van der Waals surface area contributed by atoms with E-state index in [0.29, 0.717) is 24.6 Å². The molecule has 1 saturated heterocycles. The number of fused-ring (bicyclic) bond motifs is 1. The number of morpholine rings is 1. The molecule has 2 heterocycles. The van der Waals surface area contributed by atoms with Crippen molar-refractivity contribution >= 4 is 16.9 Å². The lowest BCUT2D eigenvalue weighted by atomic mass is 10.1. The number of likely N-dealkylation sites (N-methyl/N-ethyl adjacent to an activating group) is 1. The summed E-state index contributed by atoms with van der Waals surface area (Å²) in [5, 5.41) is 0. The molecule has 4 rings (SSSR count). The predicted molar refractivity (Wildman–Crippen MR) is 99.4 cm³/mol. The van der Waals surface area contributed by atoms with Crippen molar-refractivity contribution in [2.75, 3.05) is 39.8 Å². The van der Waals surface area contributed by atoms with Crippen LogP contribution in [0.5, 0.6) is 0 Å². The normalized spacial score (nSPS) is 21.2. The number of ether oxygens (including phenoxy) is 1. The van der Waals surface area contributed by atoms with Gasteiger partial charge in [0.15, 0.2) is 0 Å². The van der Waals surface area contributed by atoms with Crippen LogP contribution >= 0.6 is 0 Å². The summed E-state index contributed by atoms with van der Waals surface area (Å²) in [6.45, 7) is 3.89. The second-order valence-electron chi connectivity index (χ2n) is 7.63. The molecule has 0 bridgehead atoms. The molecule has 1 aliphatic heterocycles. The number of aromatic amines is 1. The van der Waals surface area contributed by atoms with Crippen LogP contribution in [-0.4, -0.2) is 71.2 Å². The van der Waals surface area contributed by atoms with E-state index in [-0.39, 0.29) is 17.7 Å². The molecule has 1 unspecified atom stereocenters. The molecule has 0 radical (unpaired) electrons. The van der Waals surface area contributed by atoms with E-state index in [4.69, 9.17) is 4.74 Å². The molecule has 2 aliphatic rings. The van der Waals surface area contributed by atoms with Gasteiger partial charge in [0, 0.05) is 38.8 Å². The van der Waals surface area contributed by atoms with Crippen LogP contribution in [0.25, 0.3) is 11.0 Å². The minimum atomic E-state index is -0.168. The summed E-state index contributed by atoms with van der Waals surface area (Å²) >= 11 is 0. The molecule has 1 aromatic heterocycles. The maximum Gasteiger partial charge on any atom is 0.326 e. The number of nitrogens with zero attached hydrogens (tertiary/aromatic N) is 3. The van der Waals surface area contributed by atoms with E-state index in [1.807, 2.05) is 17.0 Å².